The van der Waals surface area contributed by atoms with E-state index in [9.17, 15) is 17.6 Å². The number of rotatable bonds is 9. The number of anilines is 1. The van der Waals surface area contributed by atoms with Gasteiger partial charge in [-0.05, 0) is 61.4 Å². The smallest absolute Gasteiger partial charge is 0.378 e. The van der Waals surface area contributed by atoms with Crippen molar-refractivity contribution in [2.45, 2.75) is 63.0 Å². The third kappa shape index (κ3) is 5.82. The monoisotopic (exact) mass is 542 g/mol. The number of pyridine rings is 1. The number of fused-ring (bicyclic) bond motifs is 1. The van der Waals surface area contributed by atoms with Crippen LogP contribution in [0.25, 0.3) is 11.1 Å². The third-order valence-electron chi connectivity index (χ3n) is 8.07. The van der Waals surface area contributed by atoms with Gasteiger partial charge < -0.3 is 5.32 Å². The predicted octanol–water partition coefficient (Wildman–Crippen LogP) is 5.63. The average molecular weight is 543 g/mol. The van der Waals surface area contributed by atoms with Gasteiger partial charge in [-0.15, -0.1) is 0 Å². The van der Waals surface area contributed by atoms with Gasteiger partial charge in [0, 0.05) is 37.4 Å². The highest BCUT2D eigenvalue weighted by molar-refractivity contribution is 5.64. The molecule has 1 saturated carbocycles. The van der Waals surface area contributed by atoms with E-state index in [1.54, 1.807) is 6.20 Å². The minimum Gasteiger partial charge on any atom is -0.378 e. The molecule has 0 spiro atoms. The summed E-state index contributed by atoms with van der Waals surface area (Å²) >= 11 is 0. The molecule has 4 heterocycles. The summed E-state index contributed by atoms with van der Waals surface area (Å²) in [5.41, 5.74) is 5.41. The quantitative estimate of drug-likeness (QED) is 0.355. The molecule has 6 rings (SSSR count). The summed E-state index contributed by atoms with van der Waals surface area (Å²) in [5.74, 6) is 0. The minimum atomic E-state index is -4.32. The summed E-state index contributed by atoms with van der Waals surface area (Å²) in [6, 6.07) is 9.65. The Morgan fingerprint density at radius 1 is 1.05 bits per heavy atom. The molecule has 3 aliphatic rings. The summed E-state index contributed by atoms with van der Waals surface area (Å²) in [6.45, 7) is 3.01. The van der Waals surface area contributed by atoms with Gasteiger partial charge in [0.2, 0.25) is 0 Å². The zero-order valence-electron chi connectivity index (χ0n) is 22.0. The number of nitrogens with zero attached hydrogens (tertiary/aromatic N) is 5. The van der Waals surface area contributed by atoms with Crippen LogP contribution in [0.5, 0.6) is 0 Å². The molecule has 208 valence electrons. The SMILES string of the molecule is CC1Cc2cc(-c3cnn(C4CC4)c3)ccc2C(c2ccc(NC3CN(CCCF)C3)cn2)N1CC(F)(F)F. The molecule has 2 fully saturated rings. The standard InChI is InChI=1S/C29H34F4N6/c1-19-11-21-12-20(22-13-35-39(15-22)25-5-6-25)3-7-26(21)28(38(19)18-29(31,32)33)27-8-4-23(14-34-27)36-24-16-37(17-24)10-2-9-30/h3-4,7-8,12-15,19,24-25,28,36H,2,5-6,9-11,16-18H2,1H3. The van der Waals surface area contributed by atoms with E-state index in [4.69, 9.17) is 0 Å². The molecule has 6 nitrogen and oxygen atoms in total. The fourth-order valence-corrected chi connectivity index (χ4v) is 5.92. The van der Waals surface area contributed by atoms with Crippen LogP contribution in [0.15, 0.2) is 48.9 Å². The van der Waals surface area contributed by atoms with Crippen LogP contribution in [0.1, 0.15) is 55.1 Å². The van der Waals surface area contributed by atoms with Gasteiger partial charge in [0.25, 0.3) is 0 Å². The number of likely N-dealkylation sites (tertiary alicyclic amines) is 1. The first-order valence-corrected chi connectivity index (χ1v) is 13.8. The van der Waals surface area contributed by atoms with E-state index in [1.165, 1.54) is 4.90 Å². The van der Waals surface area contributed by atoms with Crippen molar-refractivity contribution in [1.29, 1.82) is 0 Å². The van der Waals surface area contributed by atoms with E-state index in [0.29, 0.717) is 24.6 Å². The maximum atomic E-state index is 13.7. The summed E-state index contributed by atoms with van der Waals surface area (Å²) in [7, 11) is 0. The molecule has 2 atom stereocenters. The average Bonchev–Trinajstić information content (AvgIpc) is 3.61. The van der Waals surface area contributed by atoms with Crippen molar-refractivity contribution >= 4 is 5.69 Å². The number of alkyl halides is 4. The van der Waals surface area contributed by atoms with E-state index in [0.717, 1.165) is 60.4 Å². The molecule has 2 aliphatic heterocycles. The highest BCUT2D eigenvalue weighted by atomic mass is 19.4. The molecule has 1 aliphatic carbocycles. The number of hydrogen-bond donors (Lipinski definition) is 1. The first kappa shape index (κ1) is 26.3. The van der Waals surface area contributed by atoms with Crippen LogP contribution in [0.4, 0.5) is 23.2 Å². The van der Waals surface area contributed by atoms with Crippen molar-refractivity contribution in [3.05, 3.63) is 65.7 Å². The van der Waals surface area contributed by atoms with Crippen LogP contribution in [-0.2, 0) is 6.42 Å². The largest absolute Gasteiger partial charge is 0.401 e. The summed E-state index contributed by atoms with van der Waals surface area (Å²) < 4.78 is 55.5. The molecule has 2 aromatic heterocycles. The van der Waals surface area contributed by atoms with E-state index in [1.807, 2.05) is 42.1 Å². The Labute approximate surface area is 226 Å². The van der Waals surface area contributed by atoms with Crippen LogP contribution >= 0.6 is 0 Å². The first-order valence-electron chi connectivity index (χ1n) is 13.8. The number of halogens is 4. The second-order valence-electron chi connectivity index (χ2n) is 11.2. The van der Waals surface area contributed by atoms with E-state index >= 15 is 0 Å². The van der Waals surface area contributed by atoms with Crippen LogP contribution < -0.4 is 5.32 Å². The van der Waals surface area contributed by atoms with Gasteiger partial charge in [0.05, 0.1) is 55.1 Å². The Bertz CT molecular complexity index is 1280. The second-order valence-corrected chi connectivity index (χ2v) is 11.2. The highest BCUT2D eigenvalue weighted by Gasteiger charge is 2.41. The zero-order valence-corrected chi connectivity index (χ0v) is 22.0. The molecular weight excluding hydrogens is 508 g/mol. The maximum absolute atomic E-state index is 13.7. The topological polar surface area (TPSA) is 49.2 Å². The maximum Gasteiger partial charge on any atom is 0.401 e. The van der Waals surface area contributed by atoms with Crippen molar-refractivity contribution in [2.75, 3.05) is 38.2 Å². The second kappa shape index (κ2) is 10.5. The Balaban J connectivity index is 1.25. The fraction of sp³-hybridized carbons (Fsp3) is 0.517. The highest BCUT2D eigenvalue weighted by Crippen LogP contribution is 2.41. The van der Waals surface area contributed by atoms with Crippen LogP contribution in [0.2, 0.25) is 0 Å². The molecule has 0 bridgehead atoms. The van der Waals surface area contributed by atoms with Gasteiger partial charge in [0.1, 0.15) is 0 Å². The Kier molecular flexibility index (Phi) is 7.09. The lowest BCUT2D eigenvalue weighted by Gasteiger charge is -2.42. The molecule has 10 heteroatoms. The zero-order chi connectivity index (χ0) is 27.1. The summed E-state index contributed by atoms with van der Waals surface area (Å²) in [5, 5.41) is 7.94. The van der Waals surface area contributed by atoms with Crippen molar-refractivity contribution < 1.29 is 17.6 Å². The van der Waals surface area contributed by atoms with E-state index < -0.39 is 18.8 Å². The lowest BCUT2D eigenvalue weighted by molar-refractivity contribution is -0.155. The Morgan fingerprint density at radius 2 is 1.87 bits per heavy atom. The summed E-state index contributed by atoms with van der Waals surface area (Å²) in [4.78, 5) is 8.38. The van der Waals surface area contributed by atoms with Crippen molar-refractivity contribution in [2.24, 2.45) is 0 Å². The van der Waals surface area contributed by atoms with Crippen molar-refractivity contribution in [3.63, 3.8) is 0 Å². The van der Waals surface area contributed by atoms with Gasteiger partial charge >= 0.3 is 6.18 Å². The molecule has 1 saturated heterocycles. The van der Waals surface area contributed by atoms with Gasteiger partial charge in [-0.2, -0.15) is 18.3 Å². The fourth-order valence-electron chi connectivity index (χ4n) is 5.92. The number of benzene rings is 1. The lowest BCUT2D eigenvalue weighted by Crippen LogP contribution is -2.54. The van der Waals surface area contributed by atoms with Crippen LogP contribution in [-0.4, -0.2) is 75.7 Å². The van der Waals surface area contributed by atoms with Crippen LogP contribution in [0.3, 0.4) is 0 Å². The predicted molar refractivity (Wildman–Crippen MR) is 142 cm³/mol. The van der Waals surface area contributed by atoms with Gasteiger partial charge in [-0.25, -0.2) is 0 Å². The molecule has 2 unspecified atom stereocenters. The molecule has 39 heavy (non-hydrogen) atoms. The van der Waals surface area contributed by atoms with Crippen molar-refractivity contribution in [1.82, 2.24) is 24.6 Å². The van der Waals surface area contributed by atoms with Gasteiger partial charge in [0.15, 0.2) is 0 Å². The normalized spacial score (nSPS) is 22.5. The number of aromatic nitrogens is 3. The third-order valence-corrected chi connectivity index (χ3v) is 8.07. The van der Waals surface area contributed by atoms with E-state index in [2.05, 4.69) is 32.6 Å². The van der Waals surface area contributed by atoms with Gasteiger partial charge in [-0.1, -0.05) is 18.2 Å². The molecule has 3 aromatic rings. The Hall–Kier alpha value is -2.98. The molecular formula is C29H34F4N6. The number of hydrogen-bond acceptors (Lipinski definition) is 5. The first-order chi connectivity index (χ1) is 18.8. The molecule has 1 N–H and O–H groups in total. The van der Waals surface area contributed by atoms with E-state index in [-0.39, 0.29) is 18.8 Å². The molecule has 0 amide bonds. The molecule has 1 aromatic carbocycles. The minimum absolute atomic E-state index is 0.261. The summed E-state index contributed by atoms with van der Waals surface area (Å²) in [6.07, 6.45) is 4.72. The number of nitrogens with one attached hydrogen (secondary N) is 1. The van der Waals surface area contributed by atoms with Crippen LogP contribution in [0, 0.1) is 0 Å². The Morgan fingerprint density at radius 3 is 2.56 bits per heavy atom. The van der Waals surface area contributed by atoms with Gasteiger partial charge in [-0.3, -0.25) is 23.9 Å². The van der Waals surface area contributed by atoms with Crippen molar-refractivity contribution in [3.8, 4) is 11.1 Å². The lowest BCUT2D eigenvalue weighted by atomic mass is 9.85. The molecule has 0 radical (unpaired) electrons.